The molecule has 2 aliphatic heterocycles. The lowest BCUT2D eigenvalue weighted by atomic mass is 10.1. The zero-order valence-corrected chi connectivity index (χ0v) is 19.3. The van der Waals surface area contributed by atoms with Crippen LogP contribution in [0.15, 0.2) is 39.6 Å². The summed E-state index contributed by atoms with van der Waals surface area (Å²) in [5.41, 5.74) is 1.29. The van der Waals surface area contributed by atoms with Gasteiger partial charge in [0.05, 0.1) is 11.4 Å². The molecule has 3 heterocycles. The molecule has 1 N–H and O–H groups in total. The SMILES string of the molecule is CCC(=O)N1c2ccc(S(=O)(=O)N3CCCCC3)cc2C[C@H]1C(=O)NCc1ccc(C)o1. The van der Waals surface area contributed by atoms with Crippen molar-refractivity contribution in [2.75, 3.05) is 18.0 Å². The fraction of sp³-hybridized carbons (Fsp3) is 0.478. The maximum absolute atomic E-state index is 13.1. The van der Waals surface area contributed by atoms with Crippen molar-refractivity contribution in [3.05, 3.63) is 47.4 Å². The van der Waals surface area contributed by atoms with Crippen LogP contribution in [0.5, 0.6) is 0 Å². The quantitative estimate of drug-likeness (QED) is 0.716. The number of hydrogen-bond acceptors (Lipinski definition) is 5. The number of nitrogens with one attached hydrogen (secondary N) is 1. The minimum Gasteiger partial charge on any atom is -0.465 e. The van der Waals surface area contributed by atoms with Gasteiger partial charge in [0, 0.05) is 31.6 Å². The molecule has 0 aliphatic carbocycles. The van der Waals surface area contributed by atoms with Gasteiger partial charge in [0.2, 0.25) is 21.8 Å². The third-order valence-corrected chi connectivity index (χ3v) is 7.99. The van der Waals surface area contributed by atoms with E-state index in [1.165, 1.54) is 9.21 Å². The number of sulfonamides is 1. The fourth-order valence-electron chi connectivity index (χ4n) is 4.40. The van der Waals surface area contributed by atoms with Gasteiger partial charge in [0.25, 0.3) is 0 Å². The van der Waals surface area contributed by atoms with Gasteiger partial charge in [-0.1, -0.05) is 13.3 Å². The van der Waals surface area contributed by atoms with Crippen molar-refractivity contribution in [2.24, 2.45) is 0 Å². The molecular formula is C23H29N3O5S. The predicted octanol–water partition coefficient (Wildman–Crippen LogP) is 2.75. The van der Waals surface area contributed by atoms with E-state index in [1.807, 2.05) is 13.0 Å². The maximum atomic E-state index is 13.1. The molecule has 4 rings (SSSR count). The Balaban J connectivity index is 1.57. The van der Waals surface area contributed by atoms with Crippen molar-refractivity contribution in [3.63, 3.8) is 0 Å². The van der Waals surface area contributed by atoms with Gasteiger partial charge in [0.15, 0.2) is 0 Å². The molecule has 2 aromatic rings. The van der Waals surface area contributed by atoms with Crippen molar-refractivity contribution in [1.29, 1.82) is 0 Å². The van der Waals surface area contributed by atoms with Crippen LogP contribution in [-0.2, 0) is 32.6 Å². The molecule has 1 saturated heterocycles. The summed E-state index contributed by atoms with van der Waals surface area (Å²) in [7, 11) is -3.59. The summed E-state index contributed by atoms with van der Waals surface area (Å²) in [5.74, 6) is 0.921. The molecule has 0 unspecified atom stereocenters. The van der Waals surface area contributed by atoms with E-state index in [9.17, 15) is 18.0 Å². The molecule has 0 saturated carbocycles. The van der Waals surface area contributed by atoms with E-state index in [-0.39, 0.29) is 36.1 Å². The number of carbonyl (C=O) groups is 2. The van der Waals surface area contributed by atoms with Crippen LogP contribution in [0.3, 0.4) is 0 Å². The number of piperidine rings is 1. The highest BCUT2D eigenvalue weighted by atomic mass is 32.2. The summed E-state index contributed by atoms with van der Waals surface area (Å²) in [5, 5.41) is 2.84. The largest absolute Gasteiger partial charge is 0.465 e. The standard InChI is InChI=1S/C23H29N3O5S/c1-3-22(27)26-20-10-9-19(32(29,30)25-11-5-4-6-12-25)13-17(20)14-21(26)23(28)24-15-18-8-7-16(2)31-18/h7-10,13,21H,3-6,11-12,14-15H2,1-2H3,(H,24,28)/t21-/m0/s1. The first kappa shape index (κ1) is 22.5. The van der Waals surface area contributed by atoms with E-state index in [4.69, 9.17) is 4.42 Å². The molecule has 1 fully saturated rings. The summed E-state index contributed by atoms with van der Waals surface area (Å²) in [4.78, 5) is 27.4. The second-order valence-electron chi connectivity index (χ2n) is 8.32. The van der Waals surface area contributed by atoms with Gasteiger partial charge in [-0.25, -0.2) is 8.42 Å². The van der Waals surface area contributed by atoms with Crippen LogP contribution < -0.4 is 10.2 Å². The Morgan fingerprint density at radius 1 is 1.12 bits per heavy atom. The van der Waals surface area contributed by atoms with Gasteiger partial charge in [-0.2, -0.15) is 4.31 Å². The van der Waals surface area contributed by atoms with Gasteiger partial charge < -0.3 is 9.73 Å². The summed E-state index contributed by atoms with van der Waals surface area (Å²) in [6.07, 6.45) is 3.28. The molecule has 32 heavy (non-hydrogen) atoms. The van der Waals surface area contributed by atoms with Crippen molar-refractivity contribution >= 4 is 27.5 Å². The summed E-state index contributed by atoms with van der Waals surface area (Å²) >= 11 is 0. The molecule has 1 aromatic heterocycles. The smallest absolute Gasteiger partial charge is 0.243 e. The van der Waals surface area contributed by atoms with E-state index in [1.54, 1.807) is 31.2 Å². The van der Waals surface area contributed by atoms with Crippen LogP contribution in [0.25, 0.3) is 0 Å². The number of hydrogen-bond donors (Lipinski definition) is 1. The number of carbonyl (C=O) groups excluding carboxylic acids is 2. The third-order valence-electron chi connectivity index (χ3n) is 6.09. The van der Waals surface area contributed by atoms with Crippen molar-refractivity contribution in [3.8, 4) is 0 Å². The number of fused-ring (bicyclic) bond motifs is 1. The van der Waals surface area contributed by atoms with Crippen LogP contribution in [0.4, 0.5) is 5.69 Å². The van der Waals surface area contributed by atoms with Crippen LogP contribution >= 0.6 is 0 Å². The first-order valence-corrected chi connectivity index (χ1v) is 12.5. The molecule has 2 amide bonds. The fourth-order valence-corrected chi connectivity index (χ4v) is 5.97. The second kappa shape index (κ2) is 9.07. The Kier molecular flexibility index (Phi) is 6.39. The molecule has 2 aliphatic rings. The highest BCUT2D eigenvalue weighted by Gasteiger charge is 2.39. The van der Waals surface area contributed by atoms with Crippen LogP contribution in [0.1, 0.15) is 49.7 Å². The summed E-state index contributed by atoms with van der Waals surface area (Å²) in [6.45, 7) is 4.85. The predicted molar refractivity (Wildman–Crippen MR) is 120 cm³/mol. The van der Waals surface area contributed by atoms with E-state index in [0.717, 1.165) is 25.0 Å². The number of amides is 2. The van der Waals surface area contributed by atoms with Gasteiger partial charge in [0.1, 0.15) is 17.6 Å². The minimum absolute atomic E-state index is 0.176. The highest BCUT2D eigenvalue weighted by molar-refractivity contribution is 7.89. The van der Waals surface area contributed by atoms with Crippen molar-refractivity contribution in [2.45, 2.75) is 63.4 Å². The monoisotopic (exact) mass is 459 g/mol. The minimum atomic E-state index is -3.59. The molecule has 9 heteroatoms. The van der Waals surface area contributed by atoms with Crippen LogP contribution in [-0.4, -0.2) is 43.7 Å². The number of benzene rings is 1. The average Bonchev–Trinajstić information content (AvgIpc) is 3.40. The highest BCUT2D eigenvalue weighted by Crippen LogP contribution is 2.35. The molecule has 1 atom stereocenters. The maximum Gasteiger partial charge on any atom is 0.243 e. The lowest BCUT2D eigenvalue weighted by Gasteiger charge is -2.26. The summed E-state index contributed by atoms with van der Waals surface area (Å²) < 4.78 is 33.2. The van der Waals surface area contributed by atoms with Crippen LogP contribution in [0.2, 0.25) is 0 Å². The van der Waals surface area contributed by atoms with Gasteiger partial charge in [-0.15, -0.1) is 0 Å². The third kappa shape index (κ3) is 4.31. The zero-order valence-electron chi connectivity index (χ0n) is 18.5. The molecular weight excluding hydrogens is 430 g/mol. The number of anilines is 1. The molecule has 0 spiro atoms. The Labute approximate surface area is 188 Å². The van der Waals surface area contributed by atoms with Crippen molar-refractivity contribution < 1.29 is 22.4 Å². The first-order chi connectivity index (χ1) is 15.3. The average molecular weight is 460 g/mol. The Bertz CT molecular complexity index is 1120. The van der Waals surface area contributed by atoms with E-state index in [2.05, 4.69) is 5.32 Å². The van der Waals surface area contributed by atoms with E-state index >= 15 is 0 Å². The Morgan fingerprint density at radius 2 is 1.88 bits per heavy atom. The van der Waals surface area contributed by atoms with Gasteiger partial charge in [-0.3, -0.25) is 14.5 Å². The van der Waals surface area contributed by atoms with Crippen LogP contribution in [0, 0.1) is 6.92 Å². The lowest BCUT2D eigenvalue weighted by Crippen LogP contribution is -2.47. The Hall–Kier alpha value is -2.65. The van der Waals surface area contributed by atoms with Gasteiger partial charge in [-0.05, 0) is 55.7 Å². The van der Waals surface area contributed by atoms with E-state index in [0.29, 0.717) is 30.1 Å². The van der Waals surface area contributed by atoms with Crippen molar-refractivity contribution in [1.82, 2.24) is 9.62 Å². The molecule has 0 radical (unpaired) electrons. The normalized spacial score (nSPS) is 19.1. The molecule has 8 nitrogen and oxygen atoms in total. The zero-order chi connectivity index (χ0) is 22.9. The van der Waals surface area contributed by atoms with E-state index < -0.39 is 16.1 Å². The molecule has 0 bridgehead atoms. The molecule has 1 aromatic carbocycles. The first-order valence-electron chi connectivity index (χ1n) is 11.1. The second-order valence-corrected chi connectivity index (χ2v) is 10.3. The molecule has 172 valence electrons. The number of rotatable bonds is 6. The topological polar surface area (TPSA) is 99.9 Å². The number of aryl methyl sites for hydroxylation is 1. The number of nitrogens with zero attached hydrogens (tertiary/aromatic N) is 2. The number of furan rings is 1. The van der Waals surface area contributed by atoms with Gasteiger partial charge >= 0.3 is 0 Å². The lowest BCUT2D eigenvalue weighted by molar-refractivity contribution is -0.126. The summed E-state index contributed by atoms with van der Waals surface area (Å²) in [6, 6.07) is 7.73. The Morgan fingerprint density at radius 3 is 2.53 bits per heavy atom.